The van der Waals surface area contributed by atoms with Gasteiger partial charge in [0.2, 0.25) is 5.91 Å². The molecule has 2 heterocycles. The first kappa shape index (κ1) is 21.0. The first-order valence-corrected chi connectivity index (χ1v) is 8.54. The van der Waals surface area contributed by atoms with E-state index in [-0.39, 0.29) is 36.8 Å². The zero-order chi connectivity index (χ0) is 15.5. The van der Waals surface area contributed by atoms with Crippen LogP contribution in [0.3, 0.4) is 0 Å². The molecule has 2 aromatic heterocycles. The minimum atomic E-state index is 0. The standard InChI is InChI=1S/C16H21N3O2S.2ClH/c1-10-2-7-14(21-10)16-19-13(9-22-16)8-15(20)18-12-5-3-11(17)4-6-12;;/h2,7,9,11-12H,3-6,8,17H2,1H3,(H,18,20);2*1H. The number of nitrogens with two attached hydrogens (primary N) is 1. The van der Waals surface area contributed by atoms with Crippen molar-refractivity contribution in [1.29, 1.82) is 0 Å². The van der Waals surface area contributed by atoms with Gasteiger partial charge in [0.1, 0.15) is 5.76 Å². The molecule has 1 aliphatic rings. The third kappa shape index (κ3) is 5.48. The van der Waals surface area contributed by atoms with Gasteiger partial charge in [0.05, 0.1) is 12.1 Å². The number of nitrogens with one attached hydrogen (secondary N) is 1. The summed E-state index contributed by atoms with van der Waals surface area (Å²) >= 11 is 1.50. The second-order valence-corrected chi connectivity index (χ2v) is 6.77. The normalized spacial score (nSPS) is 19.9. The second kappa shape index (κ2) is 9.42. The number of thiazole rings is 1. The van der Waals surface area contributed by atoms with Crippen molar-refractivity contribution >= 4 is 42.1 Å². The Morgan fingerprint density at radius 3 is 2.67 bits per heavy atom. The van der Waals surface area contributed by atoms with Crippen LogP contribution >= 0.6 is 36.2 Å². The highest BCUT2D eigenvalue weighted by Gasteiger charge is 2.20. The van der Waals surface area contributed by atoms with Gasteiger partial charge >= 0.3 is 0 Å². The number of furan rings is 1. The highest BCUT2D eigenvalue weighted by Crippen LogP contribution is 2.25. The van der Waals surface area contributed by atoms with E-state index in [0.717, 1.165) is 47.9 Å². The number of amides is 1. The molecule has 8 heteroatoms. The number of hydrogen-bond acceptors (Lipinski definition) is 5. The molecule has 5 nitrogen and oxygen atoms in total. The molecular weight excluding hydrogens is 369 g/mol. The van der Waals surface area contributed by atoms with E-state index in [2.05, 4.69) is 10.3 Å². The Morgan fingerprint density at radius 2 is 2.04 bits per heavy atom. The molecule has 24 heavy (non-hydrogen) atoms. The lowest BCUT2D eigenvalue weighted by Crippen LogP contribution is -2.41. The van der Waals surface area contributed by atoms with E-state index in [4.69, 9.17) is 10.2 Å². The summed E-state index contributed by atoms with van der Waals surface area (Å²) in [4.78, 5) is 16.6. The van der Waals surface area contributed by atoms with Crippen molar-refractivity contribution in [3.05, 3.63) is 29.0 Å². The fourth-order valence-electron chi connectivity index (χ4n) is 2.76. The van der Waals surface area contributed by atoms with Crippen LogP contribution in [0, 0.1) is 6.92 Å². The van der Waals surface area contributed by atoms with Crippen LogP contribution in [0.4, 0.5) is 0 Å². The highest BCUT2D eigenvalue weighted by atomic mass is 35.5. The van der Waals surface area contributed by atoms with E-state index in [1.807, 2.05) is 24.4 Å². The Hall–Kier alpha value is -1.08. The van der Waals surface area contributed by atoms with Crippen molar-refractivity contribution < 1.29 is 9.21 Å². The second-order valence-electron chi connectivity index (χ2n) is 5.91. The maximum absolute atomic E-state index is 12.1. The predicted octanol–water partition coefficient (Wildman–Crippen LogP) is 3.48. The van der Waals surface area contributed by atoms with Crippen molar-refractivity contribution in [3.63, 3.8) is 0 Å². The summed E-state index contributed by atoms with van der Waals surface area (Å²) < 4.78 is 5.55. The number of halogens is 2. The van der Waals surface area contributed by atoms with Gasteiger partial charge in [0.25, 0.3) is 0 Å². The smallest absolute Gasteiger partial charge is 0.226 e. The molecule has 0 aliphatic heterocycles. The molecule has 2 aromatic rings. The largest absolute Gasteiger partial charge is 0.459 e. The van der Waals surface area contributed by atoms with E-state index in [9.17, 15) is 4.79 Å². The molecule has 0 bridgehead atoms. The van der Waals surface area contributed by atoms with Crippen molar-refractivity contribution in [2.45, 2.75) is 51.1 Å². The van der Waals surface area contributed by atoms with E-state index in [1.54, 1.807) is 0 Å². The van der Waals surface area contributed by atoms with E-state index < -0.39 is 0 Å². The van der Waals surface area contributed by atoms with E-state index in [1.165, 1.54) is 11.3 Å². The van der Waals surface area contributed by atoms with Crippen LogP contribution < -0.4 is 11.1 Å². The summed E-state index contributed by atoms with van der Waals surface area (Å²) in [5.41, 5.74) is 6.67. The summed E-state index contributed by atoms with van der Waals surface area (Å²) in [5.74, 6) is 1.66. The third-order valence-electron chi connectivity index (χ3n) is 3.98. The lowest BCUT2D eigenvalue weighted by Gasteiger charge is -2.26. The first-order chi connectivity index (χ1) is 10.6. The van der Waals surface area contributed by atoms with Gasteiger partial charge in [-0.3, -0.25) is 4.79 Å². The van der Waals surface area contributed by atoms with Gasteiger partial charge in [-0.2, -0.15) is 0 Å². The quantitative estimate of drug-likeness (QED) is 0.835. The minimum Gasteiger partial charge on any atom is -0.459 e. The Labute approximate surface area is 158 Å². The maximum atomic E-state index is 12.1. The first-order valence-electron chi connectivity index (χ1n) is 7.66. The predicted molar refractivity (Wildman–Crippen MR) is 101 cm³/mol. The zero-order valence-electron chi connectivity index (χ0n) is 13.5. The van der Waals surface area contributed by atoms with Crippen LogP contribution in [0.25, 0.3) is 10.8 Å². The molecule has 3 N–H and O–H groups in total. The van der Waals surface area contributed by atoms with Gasteiger partial charge in [-0.1, -0.05) is 0 Å². The molecule has 0 unspecified atom stereocenters. The molecule has 1 saturated carbocycles. The zero-order valence-corrected chi connectivity index (χ0v) is 15.9. The van der Waals surface area contributed by atoms with Gasteiger partial charge in [-0.25, -0.2) is 4.98 Å². The van der Waals surface area contributed by atoms with Crippen LogP contribution in [0.5, 0.6) is 0 Å². The summed E-state index contributed by atoms with van der Waals surface area (Å²) in [6.07, 6.45) is 4.24. The summed E-state index contributed by atoms with van der Waals surface area (Å²) in [5, 5.41) is 5.83. The Bertz CT molecular complexity index is 651. The van der Waals surface area contributed by atoms with Gasteiger partial charge in [-0.15, -0.1) is 36.2 Å². The maximum Gasteiger partial charge on any atom is 0.226 e. The molecule has 0 aromatic carbocycles. The van der Waals surface area contributed by atoms with Gasteiger partial charge in [0.15, 0.2) is 10.8 Å². The van der Waals surface area contributed by atoms with Crippen molar-refractivity contribution in [1.82, 2.24) is 10.3 Å². The number of nitrogens with zero attached hydrogens (tertiary/aromatic N) is 1. The average Bonchev–Trinajstić information content (AvgIpc) is 3.10. The van der Waals surface area contributed by atoms with Crippen LogP contribution in [-0.4, -0.2) is 23.0 Å². The number of carbonyl (C=O) groups is 1. The number of rotatable bonds is 4. The third-order valence-corrected chi connectivity index (χ3v) is 4.89. The lowest BCUT2D eigenvalue weighted by atomic mass is 9.92. The number of aromatic nitrogens is 1. The number of hydrogen-bond donors (Lipinski definition) is 2. The Balaban J connectivity index is 0.00000144. The topological polar surface area (TPSA) is 81.2 Å². The van der Waals surface area contributed by atoms with Gasteiger partial charge in [-0.05, 0) is 44.7 Å². The summed E-state index contributed by atoms with van der Waals surface area (Å²) in [6.45, 7) is 1.90. The highest BCUT2D eigenvalue weighted by molar-refractivity contribution is 7.13. The van der Waals surface area contributed by atoms with Crippen LogP contribution in [-0.2, 0) is 11.2 Å². The van der Waals surface area contributed by atoms with Crippen molar-refractivity contribution in [2.24, 2.45) is 5.73 Å². The summed E-state index contributed by atoms with van der Waals surface area (Å²) in [7, 11) is 0. The molecule has 0 radical (unpaired) electrons. The van der Waals surface area contributed by atoms with E-state index >= 15 is 0 Å². The van der Waals surface area contributed by atoms with Crippen LogP contribution in [0.15, 0.2) is 21.9 Å². The molecule has 1 aliphatic carbocycles. The summed E-state index contributed by atoms with van der Waals surface area (Å²) in [6, 6.07) is 4.38. The lowest BCUT2D eigenvalue weighted by molar-refractivity contribution is -0.121. The molecule has 134 valence electrons. The molecule has 0 saturated heterocycles. The Morgan fingerprint density at radius 1 is 1.33 bits per heavy atom. The molecule has 0 spiro atoms. The monoisotopic (exact) mass is 391 g/mol. The fraction of sp³-hybridized carbons (Fsp3) is 0.500. The van der Waals surface area contributed by atoms with Crippen LogP contribution in [0.2, 0.25) is 0 Å². The van der Waals surface area contributed by atoms with E-state index in [0.29, 0.717) is 12.5 Å². The number of carbonyl (C=O) groups excluding carboxylic acids is 1. The number of aryl methyl sites for hydroxylation is 1. The minimum absolute atomic E-state index is 0. The molecular formula is C16H23Cl2N3O2S. The Kier molecular flexibility index (Phi) is 8.22. The molecule has 0 atom stereocenters. The van der Waals surface area contributed by atoms with Gasteiger partial charge < -0.3 is 15.5 Å². The molecule has 1 amide bonds. The molecule has 3 rings (SSSR count). The van der Waals surface area contributed by atoms with Crippen molar-refractivity contribution in [2.75, 3.05) is 0 Å². The van der Waals surface area contributed by atoms with Crippen molar-refractivity contribution in [3.8, 4) is 10.8 Å². The fourth-order valence-corrected chi connectivity index (χ4v) is 3.54. The molecule has 1 fully saturated rings. The SMILES string of the molecule is Cc1ccc(-c2nc(CC(=O)NC3CCC(N)CC3)cs2)o1.Cl.Cl. The van der Waals surface area contributed by atoms with Gasteiger partial charge in [0, 0.05) is 17.5 Å². The van der Waals surface area contributed by atoms with Crippen LogP contribution in [0.1, 0.15) is 37.1 Å². The average molecular weight is 392 g/mol.